The van der Waals surface area contributed by atoms with Gasteiger partial charge in [-0.1, -0.05) is 82.2 Å². The second kappa shape index (κ2) is 15.6. The van der Waals surface area contributed by atoms with Crippen LogP contribution in [0.15, 0.2) is 71.4 Å². The predicted octanol–water partition coefficient (Wildman–Crippen LogP) is 7.10. The van der Waals surface area contributed by atoms with Crippen LogP contribution in [0.5, 0.6) is 0 Å². The van der Waals surface area contributed by atoms with Crippen LogP contribution in [0.4, 0.5) is 10.5 Å². The van der Waals surface area contributed by atoms with Gasteiger partial charge in [0.15, 0.2) is 11.9 Å². The number of nitrogens with one attached hydrogen (secondary N) is 1. The molecule has 284 valence electrons. The molecule has 52 heavy (non-hydrogen) atoms. The number of esters is 1. The third kappa shape index (κ3) is 7.82. The molecule has 0 unspecified atom stereocenters. The number of amides is 1. The van der Waals surface area contributed by atoms with Crippen molar-refractivity contribution in [2.75, 3.05) is 11.9 Å². The van der Waals surface area contributed by atoms with Gasteiger partial charge in [-0.3, -0.25) is 10.1 Å². The zero-order chi connectivity index (χ0) is 37.4. The molecule has 10 nitrogen and oxygen atoms in total. The Kier molecular flexibility index (Phi) is 11.5. The van der Waals surface area contributed by atoms with Gasteiger partial charge in [-0.25, -0.2) is 4.79 Å². The maximum Gasteiger partial charge on any atom is 0.412 e. The quantitative estimate of drug-likeness (QED) is 0.220. The number of hydrogen-bond donors (Lipinski definition) is 3. The average Bonchev–Trinajstić information content (AvgIpc) is 3.45. The van der Waals surface area contributed by atoms with Gasteiger partial charge >= 0.3 is 12.1 Å². The van der Waals surface area contributed by atoms with E-state index in [1.165, 1.54) is 0 Å². The normalized spacial score (nSPS) is 41.3. The van der Waals surface area contributed by atoms with E-state index in [-0.39, 0.29) is 24.7 Å². The molecule has 2 bridgehead atoms. The van der Waals surface area contributed by atoms with Crippen LogP contribution in [0.2, 0.25) is 0 Å². The molecule has 1 amide bonds. The first-order chi connectivity index (χ1) is 24.7. The fourth-order valence-electron chi connectivity index (χ4n) is 8.59. The van der Waals surface area contributed by atoms with Crippen LogP contribution in [0.1, 0.15) is 85.6 Å². The molecular formula is C42H57NO9. The minimum Gasteiger partial charge on any atom is -0.462 e. The molecule has 1 aromatic rings. The molecule has 1 spiro atoms. The fourth-order valence-corrected chi connectivity index (χ4v) is 8.59. The summed E-state index contributed by atoms with van der Waals surface area (Å²) in [5.74, 6) is -2.17. The number of aliphatic hydroxyl groups is 2. The van der Waals surface area contributed by atoms with Gasteiger partial charge in [0.2, 0.25) is 0 Å². The molecule has 3 N–H and O–H groups in total. The molecule has 4 heterocycles. The van der Waals surface area contributed by atoms with Crippen LogP contribution >= 0.6 is 0 Å². The molecule has 12 atom stereocenters. The van der Waals surface area contributed by atoms with Crippen molar-refractivity contribution in [2.45, 2.75) is 135 Å². The van der Waals surface area contributed by atoms with Gasteiger partial charge in [0.05, 0.1) is 24.9 Å². The van der Waals surface area contributed by atoms with Crippen molar-refractivity contribution in [3.8, 4) is 0 Å². The standard InChI is InChI=1S/C42H57NO9/c1-8-25(3)36-28(6)18-19-41(52-36)22-33-21-32(51-41)17-14-27(5)35(44)26(4)10-9-11-30-23-48-38-37(29(7)20-34(39(45)49-33)42(30,38)47)50-40(46)43-31-15-12-24(2)13-16-31/h9-16,20,25-26,28,32-38,44,47H,8,17-19,21-23H2,1-7H3,(H,43,46)/b10-9+,27-14+,30-11+/t25-,26-,28-,32+,33-,34-,35-,36+,37+,38+,41+,42+/m0/s1. The van der Waals surface area contributed by atoms with E-state index in [0.717, 1.165) is 24.0 Å². The first-order valence-corrected chi connectivity index (χ1v) is 19.1. The van der Waals surface area contributed by atoms with E-state index in [4.69, 9.17) is 23.7 Å². The number of ether oxygens (including phenoxy) is 5. The van der Waals surface area contributed by atoms with E-state index in [1.807, 2.05) is 45.1 Å². The summed E-state index contributed by atoms with van der Waals surface area (Å²) in [4.78, 5) is 27.6. The van der Waals surface area contributed by atoms with Crippen molar-refractivity contribution in [2.24, 2.45) is 23.7 Å². The molecule has 0 radical (unpaired) electrons. The zero-order valence-electron chi connectivity index (χ0n) is 31.7. The number of rotatable bonds is 4. The second-order valence-corrected chi connectivity index (χ2v) is 16.0. The summed E-state index contributed by atoms with van der Waals surface area (Å²) in [7, 11) is 0. The van der Waals surface area contributed by atoms with E-state index in [0.29, 0.717) is 54.4 Å². The molecule has 4 aliphatic heterocycles. The van der Waals surface area contributed by atoms with Gasteiger partial charge < -0.3 is 33.9 Å². The second-order valence-electron chi connectivity index (χ2n) is 16.0. The van der Waals surface area contributed by atoms with Crippen LogP contribution in [-0.2, 0) is 28.5 Å². The smallest absolute Gasteiger partial charge is 0.412 e. The number of carbonyl (C=O) groups is 2. The summed E-state index contributed by atoms with van der Waals surface area (Å²) in [5.41, 5.74) is 1.60. The van der Waals surface area contributed by atoms with Gasteiger partial charge in [-0.2, -0.15) is 0 Å². The summed E-state index contributed by atoms with van der Waals surface area (Å²) in [5, 5.41) is 26.7. The van der Waals surface area contributed by atoms with E-state index in [9.17, 15) is 19.8 Å². The molecule has 6 rings (SSSR count). The number of anilines is 1. The van der Waals surface area contributed by atoms with Crippen molar-refractivity contribution >= 4 is 17.7 Å². The third-order valence-electron chi connectivity index (χ3n) is 12.0. The topological polar surface area (TPSA) is 133 Å². The Morgan fingerprint density at radius 1 is 1.10 bits per heavy atom. The van der Waals surface area contributed by atoms with E-state index >= 15 is 0 Å². The Morgan fingerprint density at radius 2 is 1.85 bits per heavy atom. The Hall–Kier alpha value is -3.28. The molecule has 0 saturated carbocycles. The highest BCUT2D eigenvalue weighted by atomic mass is 16.7. The number of aryl methyl sites for hydroxylation is 1. The van der Waals surface area contributed by atoms with E-state index in [2.05, 4.69) is 26.1 Å². The molecule has 1 aromatic carbocycles. The Labute approximate surface area is 308 Å². The largest absolute Gasteiger partial charge is 0.462 e. The lowest BCUT2D eigenvalue weighted by Gasteiger charge is -2.51. The van der Waals surface area contributed by atoms with Crippen LogP contribution in [0, 0.1) is 30.6 Å². The first-order valence-electron chi connectivity index (χ1n) is 19.1. The molecule has 10 heteroatoms. The van der Waals surface area contributed by atoms with Gasteiger partial charge in [0, 0.05) is 30.9 Å². The number of benzene rings is 1. The zero-order valence-corrected chi connectivity index (χ0v) is 31.7. The average molecular weight is 720 g/mol. The Morgan fingerprint density at radius 3 is 2.58 bits per heavy atom. The molecule has 3 fully saturated rings. The van der Waals surface area contributed by atoms with Gasteiger partial charge in [-0.15, -0.1) is 0 Å². The minimum atomic E-state index is -1.87. The van der Waals surface area contributed by atoms with Gasteiger partial charge in [0.25, 0.3) is 0 Å². The van der Waals surface area contributed by atoms with Crippen molar-refractivity contribution in [3.05, 3.63) is 76.9 Å². The number of hydrogen-bond acceptors (Lipinski definition) is 9. The van der Waals surface area contributed by atoms with Crippen LogP contribution in [0.25, 0.3) is 0 Å². The third-order valence-corrected chi connectivity index (χ3v) is 12.0. The summed E-state index contributed by atoms with van der Waals surface area (Å²) >= 11 is 0. The summed E-state index contributed by atoms with van der Waals surface area (Å²) < 4.78 is 32.2. The van der Waals surface area contributed by atoms with E-state index in [1.54, 1.807) is 37.3 Å². The lowest BCUT2D eigenvalue weighted by molar-refractivity contribution is -0.340. The SMILES string of the molecule is CC[C@H](C)[C@H]1O[C@]2(CC[C@@H]1C)C[C@@H]1C[C@@H](C/C=C(\C)[C@@H](O)[C@@H](C)/C=C/C=C3\CO[C@@H]4[C@H](OC(=O)Nc5ccc(C)cc5)C(C)=C[C@@H](C(=O)O1)[C@]34O)O2. The monoisotopic (exact) mass is 719 g/mol. The molecule has 0 aromatic heterocycles. The number of aliphatic hydroxyl groups excluding tert-OH is 1. The van der Waals surface area contributed by atoms with Crippen LogP contribution in [-0.4, -0.2) is 76.9 Å². The lowest BCUT2D eigenvalue weighted by Crippen LogP contribution is -2.59. The van der Waals surface area contributed by atoms with Crippen LogP contribution in [0.3, 0.4) is 0 Å². The highest BCUT2D eigenvalue weighted by molar-refractivity contribution is 5.85. The highest BCUT2D eigenvalue weighted by Crippen LogP contribution is 2.48. The van der Waals surface area contributed by atoms with Crippen molar-refractivity contribution in [1.82, 2.24) is 0 Å². The molecule has 5 aliphatic rings. The maximum absolute atomic E-state index is 14.4. The fraction of sp³-hybridized carbons (Fsp3) is 0.619. The minimum absolute atomic E-state index is 0.00678. The maximum atomic E-state index is 14.4. The van der Waals surface area contributed by atoms with Crippen molar-refractivity contribution < 1.29 is 43.5 Å². The Bertz CT molecular complexity index is 1590. The summed E-state index contributed by atoms with van der Waals surface area (Å²) in [6.45, 7) is 14.2. The predicted molar refractivity (Wildman–Crippen MR) is 197 cm³/mol. The summed E-state index contributed by atoms with van der Waals surface area (Å²) in [6.07, 6.45) is 8.65. The highest BCUT2D eigenvalue weighted by Gasteiger charge is 2.61. The number of carbonyl (C=O) groups excluding carboxylic acids is 2. The van der Waals surface area contributed by atoms with Crippen molar-refractivity contribution in [3.63, 3.8) is 0 Å². The molecule has 1 aliphatic carbocycles. The summed E-state index contributed by atoms with van der Waals surface area (Å²) in [6, 6.07) is 7.33. The molecule has 3 saturated heterocycles. The molecular weight excluding hydrogens is 662 g/mol. The van der Waals surface area contributed by atoms with Crippen molar-refractivity contribution in [1.29, 1.82) is 0 Å². The number of fused-ring (bicyclic) bond motifs is 2. The van der Waals surface area contributed by atoms with Gasteiger partial charge in [0.1, 0.15) is 23.7 Å². The van der Waals surface area contributed by atoms with E-state index < -0.39 is 53.8 Å². The van der Waals surface area contributed by atoms with Crippen LogP contribution < -0.4 is 5.32 Å². The first kappa shape index (κ1) is 38.4. The number of allylic oxidation sites excluding steroid dienone is 2. The Balaban J connectivity index is 1.34. The lowest BCUT2D eigenvalue weighted by atomic mass is 9.70. The van der Waals surface area contributed by atoms with Gasteiger partial charge in [-0.05, 0) is 74.3 Å².